The maximum Gasteiger partial charge on any atom is 0.238 e. The van der Waals surface area contributed by atoms with Crippen molar-refractivity contribution < 1.29 is 0 Å². The van der Waals surface area contributed by atoms with Gasteiger partial charge in [0.2, 0.25) is 5.95 Å². The minimum Gasteiger partial charge on any atom is -0.276 e. The molecule has 0 saturated carbocycles. The summed E-state index contributed by atoms with van der Waals surface area (Å²) >= 11 is 1.81. The number of rotatable bonds is 5. The van der Waals surface area contributed by atoms with Crippen molar-refractivity contribution in [1.29, 1.82) is 0 Å². The zero-order valence-electron chi connectivity index (χ0n) is 26.7. The van der Waals surface area contributed by atoms with Crippen LogP contribution in [0.3, 0.4) is 0 Å². The van der Waals surface area contributed by atoms with Crippen molar-refractivity contribution in [2.75, 3.05) is 0 Å². The van der Waals surface area contributed by atoms with Crippen LogP contribution in [-0.4, -0.2) is 24.5 Å². The normalized spacial score (nSPS) is 11.6. The molecule has 6 aromatic carbocycles. The highest BCUT2D eigenvalue weighted by Crippen LogP contribution is 2.44. The van der Waals surface area contributed by atoms with Crippen LogP contribution in [0.15, 0.2) is 164 Å². The van der Waals surface area contributed by atoms with Crippen molar-refractivity contribution in [2.45, 2.75) is 0 Å². The zero-order chi connectivity index (χ0) is 33.0. The molecule has 50 heavy (non-hydrogen) atoms. The Kier molecular flexibility index (Phi) is 6.60. The molecule has 0 fully saturated rings. The van der Waals surface area contributed by atoms with Gasteiger partial charge in [0, 0.05) is 49.1 Å². The van der Waals surface area contributed by atoms with E-state index in [1.54, 1.807) is 0 Å². The standard InChI is InChI=1S/C44H27N5S/c1-4-12-28(13-5-1)31-19-23-38-35(26-31)33-21-22-34-36-27-32(37-18-10-11-25-45-37)20-24-39(36)50-41(34)40(33)49(38)44-47-42(29-14-6-2-7-15-29)46-43(48-44)30-16-8-3-9-17-30/h1-27H. The van der Waals surface area contributed by atoms with Crippen molar-refractivity contribution in [3.8, 4) is 51.1 Å². The van der Waals surface area contributed by atoms with E-state index < -0.39 is 0 Å². The molecule has 5 nitrogen and oxygen atoms in total. The third kappa shape index (κ3) is 4.69. The van der Waals surface area contributed by atoms with Crippen LogP contribution in [0.1, 0.15) is 0 Å². The summed E-state index contributed by atoms with van der Waals surface area (Å²) in [7, 11) is 0. The number of pyridine rings is 1. The van der Waals surface area contributed by atoms with Crippen molar-refractivity contribution in [3.05, 3.63) is 164 Å². The van der Waals surface area contributed by atoms with E-state index in [0.29, 0.717) is 17.6 Å². The summed E-state index contributed by atoms with van der Waals surface area (Å²) in [5, 5.41) is 4.72. The fourth-order valence-electron chi connectivity index (χ4n) is 6.94. The average molecular weight is 658 g/mol. The molecule has 0 spiro atoms. The lowest BCUT2D eigenvalue weighted by molar-refractivity contribution is 0.955. The first kappa shape index (κ1) is 28.5. The first-order chi connectivity index (χ1) is 24.8. The topological polar surface area (TPSA) is 56.5 Å². The third-order valence-corrected chi connectivity index (χ3v) is 10.5. The Morgan fingerprint density at radius 2 is 1.06 bits per heavy atom. The molecule has 10 aromatic rings. The maximum atomic E-state index is 5.20. The minimum absolute atomic E-state index is 0.587. The van der Waals surface area contributed by atoms with Crippen molar-refractivity contribution >= 4 is 53.3 Å². The first-order valence-electron chi connectivity index (χ1n) is 16.6. The van der Waals surface area contributed by atoms with Crippen LogP contribution in [0.5, 0.6) is 0 Å². The van der Waals surface area contributed by atoms with Gasteiger partial charge in [-0.15, -0.1) is 11.3 Å². The largest absolute Gasteiger partial charge is 0.276 e. The van der Waals surface area contributed by atoms with Gasteiger partial charge in [0.05, 0.1) is 21.4 Å². The first-order valence-corrected chi connectivity index (χ1v) is 17.4. The van der Waals surface area contributed by atoms with Crippen molar-refractivity contribution in [1.82, 2.24) is 24.5 Å². The molecule has 0 N–H and O–H groups in total. The highest BCUT2D eigenvalue weighted by molar-refractivity contribution is 7.26. The molecule has 0 amide bonds. The van der Waals surface area contributed by atoms with Gasteiger partial charge in [-0.3, -0.25) is 9.55 Å². The van der Waals surface area contributed by atoms with E-state index in [1.807, 2.05) is 66.1 Å². The van der Waals surface area contributed by atoms with Crippen LogP contribution < -0.4 is 0 Å². The molecule has 0 saturated heterocycles. The molecule has 4 heterocycles. The molecule has 0 bridgehead atoms. The van der Waals surface area contributed by atoms with Gasteiger partial charge in [0.25, 0.3) is 0 Å². The number of benzene rings is 6. The Morgan fingerprint density at radius 3 is 1.74 bits per heavy atom. The molecule has 0 aliphatic rings. The van der Waals surface area contributed by atoms with Crippen LogP contribution in [0, 0.1) is 0 Å². The molecule has 234 valence electrons. The van der Waals surface area contributed by atoms with Crippen molar-refractivity contribution in [3.63, 3.8) is 0 Å². The monoisotopic (exact) mass is 657 g/mol. The molecule has 10 rings (SSSR count). The summed E-state index contributed by atoms with van der Waals surface area (Å²) < 4.78 is 4.66. The van der Waals surface area contributed by atoms with E-state index in [-0.39, 0.29) is 0 Å². The van der Waals surface area contributed by atoms with Gasteiger partial charge in [-0.25, -0.2) is 4.98 Å². The number of thiophene rings is 1. The number of fused-ring (bicyclic) bond motifs is 7. The highest BCUT2D eigenvalue weighted by Gasteiger charge is 2.22. The summed E-state index contributed by atoms with van der Waals surface area (Å²) in [5.74, 6) is 1.85. The Morgan fingerprint density at radius 1 is 0.440 bits per heavy atom. The molecule has 0 aliphatic heterocycles. The Labute approximate surface area is 291 Å². The predicted molar refractivity (Wildman–Crippen MR) is 207 cm³/mol. The van der Waals surface area contributed by atoms with E-state index in [1.165, 1.54) is 31.3 Å². The molecular formula is C44H27N5S. The van der Waals surface area contributed by atoms with Crippen LogP contribution >= 0.6 is 11.3 Å². The Bertz CT molecular complexity index is 2790. The second kappa shape index (κ2) is 11.6. The highest BCUT2D eigenvalue weighted by atomic mass is 32.1. The Balaban J connectivity index is 1.31. The smallest absolute Gasteiger partial charge is 0.238 e. The lowest BCUT2D eigenvalue weighted by Gasteiger charge is -2.11. The van der Waals surface area contributed by atoms with Crippen molar-refractivity contribution in [2.24, 2.45) is 0 Å². The van der Waals surface area contributed by atoms with Crippen LogP contribution in [-0.2, 0) is 0 Å². The third-order valence-electron chi connectivity index (χ3n) is 9.32. The molecule has 0 radical (unpaired) electrons. The molecule has 4 aromatic heterocycles. The second-order valence-corrected chi connectivity index (χ2v) is 13.4. The summed E-state index contributed by atoms with van der Waals surface area (Å²) in [4.78, 5) is 20.0. The number of aromatic nitrogens is 5. The number of hydrogen-bond acceptors (Lipinski definition) is 5. The van der Waals surface area contributed by atoms with E-state index in [4.69, 9.17) is 15.0 Å². The molecule has 0 atom stereocenters. The van der Waals surface area contributed by atoms with Gasteiger partial charge >= 0.3 is 0 Å². The predicted octanol–water partition coefficient (Wildman–Crippen LogP) is 11.4. The van der Waals surface area contributed by atoms with Gasteiger partial charge < -0.3 is 0 Å². The maximum absolute atomic E-state index is 5.20. The molecular weight excluding hydrogens is 631 g/mol. The molecule has 0 unspecified atom stereocenters. The van der Waals surface area contributed by atoms with Gasteiger partial charge in [0.1, 0.15) is 0 Å². The zero-order valence-corrected chi connectivity index (χ0v) is 27.5. The van der Waals surface area contributed by atoms with Gasteiger partial charge in [0.15, 0.2) is 11.6 Å². The quantitative estimate of drug-likeness (QED) is 0.185. The molecule has 6 heteroatoms. The summed E-state index contributed by atoms with van der Waals surface area (Å²) in [6.07, 6.45) is 1.85. The lowest BCUT2D eigenvalue weighted by Crippen LogP contribution is -2.06. The Hall–Kier alpha value is -6.50. The fraction of sp³-hybridized carbons (Fsp3) is 0. The number of hydrogen-bond donors (Lipinski definition) is 0. The van der Waals surface area contributed by atoms with E-state index in [9.17, 15) is 0 Å². The van der Waals surface area contributed by atoms with E-state index in [2.05, 4.69) is 119 Å². The van der Waals surface area contributed by atoms with E-state index >= 15 is 0 Å². The van der Waals surface area contributed by atoms with Gasteiger partial charge in [-0.05, 0) is 47.5 Å². The van der Waals surface area contributed by atoms with Crippen LogP contribution in [0.2, 0.25) is 0 Å². The average Bonchev–Trinajstić information content (AvgIpc) is 3.74. The van der Waals surface area contributed by atoms with Crippen LogP contribution in [0.4, 0.5) is 0 Å². The van der Waals surface area contributed by atoms with E-state index in [0.717, 1.165) is 44.2 Å². The summed E-state index contributed by atoms with van der Waals surface area (Å²) in [6, 6.07) is 54.8. The number of nitrogens with zero attached hydrogens (tertiary/aromatic N) is 5. The summed E-state index contributed by atoms with van der Waals surface area (Å²) in [6.45, 7) is 0. The van der Waals surface area contributed by atoms with Crippen LogP contribution in [0.25, 0.3) is 93.1 Å². The second-order valence-electron chi connectivity index (χ2n) is 12.3. The fourth-order valence-corrected chi connectivity index (χ4v) is 8.16. The van der Waals surface area contributed by atoms with Gasteiger partial charge in [-0.1, -0.05) is 121 Å². The summed E-state index contributed by atoms with van der Waals surface area (Å²) in [5.41, 5.74) is 8.42. The van der Waals surface area contributed by atoms with Gasteiger partial charge in [-0.2, -0.15) is 9.97 Å². The molecule has 0 aliphatic carbocycles. The SMILES string of the molecule is c1ccc(-c2ccc3c(c2)c2ccc4c5cc(-c6ccccn6)ccc5sc4c2n3-c2nc(-c3ccccc3)nc(-c3ccccc3)n2)cc1. The lowest BCUT2D eigenvalue weighted by atomic mass is 10.0. The minimum atomic E-state index is 0.587.